The molecule has 104 valence electrons. The van der Waals surface area contributed by atoms with Crippen molar-refractivity contribution in [2.45, 2.75) is 18.8 Å². The van der Waals surface area contributed by atoms with Crippen LogP contribution < -0.4 is 0 Å². The first-order valence-electron chi connectivity index (χ1n) is 6.12. The molecule has 0 bridgehead atoms. The van der Waals surface area contributed by atoms with Crippen molar-refractivity contribution in [1.29, 1.82) is 0 Å². The van der Waals surface area contributed by atoms with E-state index in [1.807, 2.05) is 24.3 Å². The van der Waals surface area contributed by atoms with Crippen molar-refractivity contribution in [1.82, 2.24) is 9.55 Å². The minimum atomic E-state index is 0.386. The Balaban J connectivity index is 1.94. The van der Waals surface area contributed by atoms with Crippen molar-refractivity contribution in [3.8, 4) is 0 Å². The Morgan fingerprint density at radius 3 is 2.70 bits per heavy atom. The summed E-state index contributed by atoms with van der Waals surface area (Å²) in [6.07, 6.45) is 0.902. The smallest absolute Gasteiger partial charge is 0.124 e. The van der Waals surface area contributed by atoms with E-state index in [1.165, 1.54) is 4.88 Å². The van der Waals surface area contributed by atoms with E-state index in [4.69, 9.17) is 34.8 Å². The monoisotopic (exact) mass is 344 g/mol. The van der Waals surface area contributed by atoms with Crippen LogP contribution in [-0.4, -0.2) is 9.55 Å². The fraction of sp³-hybridized carbons (Fsp3) is 0.214. The van der Waals surface area contributed by atoms with Crippen LogP contribution in [0.15, 0.2) is 30.3 Å². The largest absolute Gasteiger partial charge is 0.327 e. The molecule has 0 aliphatic rings. The number of halogens is 3. The predicted octanol–water partition coefficient (Wildman–Crippen LogP) is 5.39. The molecule has 0 saturated carbocycles. The van der Waals surface area contributed by atoms with E-state index in [1.54, 1.807) is 11.3 Å². The van der Waals surface area contributed by atoms with Crippen LogP contribution in [0.5, 0.6) is 0 Å². The van der Waals surface area contributed by atoms with Gasteiger partial charge in [-0.3, -0.25) is 0 Å². The second-order valence-electron chi connectivity index (χ2n) is 4.40. The van der Waals surface area contributed by atoms with Crippen molar-refractivity contribution in [2.24, 2.45) is 0 Å². The van der Waals surface area contributed by atoms with Gasteiger partial charge in [-0.1, -0.05) is 23.2 Å². The number of hydrogen-bond acceptors (Lipinski definition) is 2. The van der Waals surface area contributed by atoms with Crippen LogP contribution in [0.25, 0.3) is 11.0 Å². The van der Waals surface area contributed by atoms with Gasteiger partial charge < -0.3 is 4.57 Å². The highest BCUT2D eigenvalue weighted by molar-refractivity contribution is 7.16. The maximum absolute atomic E-state index is 6.07. The second kappa shape index (κ2) is 5.94. The number of alkyl halides is 1. The van der Waals surface area contributed by atoms with Crippen LogP contribution in [0.1, 0.15) is 10.7 Å². The molecule has 0 amide bonds. The molecular formula is C14H11Cl3N2S. The quantitative estimate of drug-likeness (QED) is 0.580. The van der Waals surface area contributed by atoms with Gasteiger partial charge in [0.2, 0.25) is 0 Å². The van der Waals surface area contributed by atoms with Gasteiger partial charge in [-0.25, -0.2) is 4.98 Å². The summed E-state index contributed by atoms with van der Waals surface area (Å²) in [5.74, 6) is 1.25. The fourth-order valence-electron chi connectivity index (χ4n) is 2.21. The van der Waals surface area contributed by atoms with E-state index in [0.717, 1.165) is 34.2 Å². The predicted molar refractivity (Wildman–Crippen MR) is 87.3 cm³/mol. The van der Waals surface area contributed by atoms with E-state index in [0.29, 0.717) is 10.9 Å². The Kier molecular flexibility index (Phi) is 4.22. The number of aryl methyl sites for hydroxylation is 2. The maximum Gasteiger partial charge on any atom is 0.124 e. The third-order valence-electron chi connectivity index (χ3n) is 3.12. The zero-order chi connectivity index (χ0) is 14.1. The highest BCUT2D eigenvalue weighted by atomic mass is 35.5. The normalized spacial score (nSPS) is 11.3. The molecule has 3 aromatic rings. The molecule has 0 aliphatic heterocycles. The average Bonchev–Trinajstić information content (AvgIpc) is 2.99. The van der Waals surface area contributed by atoms with Crippen LogP contribution in [-0.2, 0) is 18.8 Å². The third-order valence-corrected chi connectivity index (χ3v) is 4.88. The van der Waals surface area contributed by atoms with Crippen LogP contribution in [0, 0.1) is 0 Å². The molecule has 6 heteroatoms. The summed E-state index contributed by atoms with van der Waals surface area (Å²) < 4.78 is 2.94. The molecule has 3 rings (SSSR count). The van der Waals surface area contributed by atoms with E-state index >= 15 is 0 Å². The molecule has 20 heavy (non-hydrogen) atoms. The summed E-state index contributed by atoms with van der Waals surface area (Å²) in [7, 11) is 0. The van der Waals surface area contributed by atoms with Crippen molar-refractivity contribution < 1.29 is 0 Å². The van der Waals surface area contributed by atoms with Gasteiger partial charge in [-0.2, -0.15) is 0 Å². The maximum atomic E-state index is 6.07. The zero-order valence-electron chi connectivity index (χ0n) is 10.4. The number of fused-ring (bicyclic) bond motifs is 1. The topological polar surface area (TPSA) is 17.8 Å². The number of aromatic nitrogens is 2. The molecule has 0 spiro atoms. The minimum absolute atomic E-state index is 0.386. The lowest BCUT2D eigenvalue weighted by atomic mass is 10.3. The Labute approximate surface area is 135 Å². The Morgan fingerprint density at radius 2 is 2.00 bits per heavy atom. The van der Waals surface area contributed by atoms with Gasteiger partial charge >= 0.3 is 0 Å². The van der Waals surface area contributed by atoms with E-state index in [9.17, 15) is 0 Å². The summed E-state index contributed by atoms with van der Waals surface area (Å²) in [6, 6.07) is 9.68. The highest BCUT2D eigenvalue weighted by Crippen LogP contribution is 2.25. The number of hydrogen-bond donors (Lipinski definition) is 0. The second-order valence-corrected chi connectivity index (χ2v) is 6.91. The van der Waals surface area contributed by atoms with Gasteiger partial charge in [0.05, 0.1) is 21.2 Å². The molecule has 0 N–H and O–H groups in total. The summed E-state index contributed by atoms with van der Waals surface area (Å²) in [5.41, 5.74) is 1.95. The molecule has 2 heterocycles. The lowest BCUT2D eigenvalue weighted by Crippen LogP contribution is -2.04. The first-order chi connectivity index (χ1) is 9.67. The van der Waals surface area contributed by atoms with Crippen molar-refractivity contribution in [2.75, 3.05) is 0 Å². The van der Waals surface area contributed by atoms with Crippen molar-refractivity contribution in [3.05, 3.63) is 50.4 Å². The molecule has 0 fully saturated rings. The lowest BCUT2D eigenvalue weighted by Gasteiger charge is -2.06. The van der Waals surface area contributed by atoms with Crippen LogP contribution >= 0.6 is 46.1 Å². The standard InChI is InChI=1S/C14H11Cl3N2S/c15-8-14-18-11-3-1-9(16)7-12(11)19(14)6-5-10-2-4-13(17)20-10/h1-4,7H,5-6,8H2. The Hall–Kier alpha value is -0.740. The van der Waals surface area contributed by atoms with Gasteiger partial charge in [-0.15, -0.1) is 22.9 Å². The SMILES string of the molecule is ClCc1nc2ccc(Cl)cc2n1CCc1ccc(Cl)s1. The van der Waals surface area contributed by atoms with Gasteiger partial charge in [0.1, 0.15) is 5.82 Å². The summed E-state index contributed by atoms with van der Waals surface area (Å²) in [4.78, 5) is 5.79. The molecule has 1 aromatic carbocycles. The van der Waals surface area contributed by atoms with Crippen LogP contribution in [0.4, 0.5) is 0 Å². The molecule has 2 nitrogen and oxygen atoms in total. The van der Waals surface area contributed by atoms with E-state index < -0.39 is 0 Å². The number of imidazole rings is 1. The molecule has 0 aliphatic carbocycles. The van der Waals surface area contributed by atoms with Gasteiger partial charge in [0, 0.05) is 16.4 Å². The first kappa shape index (κ1) is 14.2. The summed E-state index contributed by atoms with van der Waals surface area (Å²) >= 11 is 19.6. The number of nitrogens with zero attached hydrogens (tertiary/aromatic N) is 2. The number of rotatable bonds is 4. The Morgan fingerprint density at radius 1 is 1.15 bits per heavy atom. The first-order valence-corrected chi connectivity index (χ1v) is 8.23. The van der Waals surface area contributed by atoms with Gasteiger partial charge in [0.15, 0.2) is 0 Å². The molecule has 0 atom stereocenters. The van der Waals surface area contributed by atoms with Crippen molar-refractivity contribution in [3.63, 3.8) is 0 Å². The number of thiophene rings is 1. The number of benzene rings is 1. The molecule has 0 unspecified atom stereocenters. The minimum Gasteiger partial charge on any atom is -0.327 e. The summed E-state index contributed by atoms with van der Waals surface area (Å²) in [6.45, 7) is 0.815. The van der Waals surface area contributed by atoms with Gasteiger partial charge in [-0.05, 0) is 36.8 Å². The van der Waals surface area contributed by atoms with Gasteiger partial charge in [0.25, 0.3) is 0 Å². The zero-order valence-corrected chi connectivity index (χ0v) is 13.5. The third kappa shape index (κ3) is 2.82. The van der Waals surface area contributed by atoms with E-state index in [2.05, 4.69) is 15.6 Å². The summed E-state index contributed by atoms with van der Waals surface area (Å²) in [5, 5.41) is 0.707. The average molecular weight is 346 g/mol. The van der Waals surface area contributed by atoms with Crippen LogP contribution in [0.2, 0.25) is 9.36 Å². The highest BCUT2D eigenvalue weighted by Gasteiger charge is 2.11. The Bertz CT molecular complexity index is 748. The fourth-order valence-corrected chi connectivity index (χ4v) is 3.65. The lowest BCUT2D eigenvalue weighted by molar-refractivity contribution is 0.693. The van der Waals surface area contributed by atoms with Crippen LogP contribution in [0.3, 0.4) is 0 Å². The molecule has 2 aromatic heterocycles. The molecule has 0 radical (unpaired) electrons. The van der Waals surface area contributed by atoms with Crippen molar-refractivity contribution >= 4 is 57.2 Å². The van der Waals surface area contributed by atoms with E-state index in [-0.39, 0.29) is 0 Å². The molecule has 0 saturated heterocycles. The molecular weight excluding hydrogens is 335 g/mol.